The van der Waals surface area contributed by atoms with Gasteiger partial charge < -0.3 is 14.4 Å². The number of piperidine rings is 1. The number of carbonyl (C=O) groups excluding carboxylic acids is 1. The molecule has 2 aliphatic rings. The fourth-order valence-corrected chi connectivity index (χ4v) is 4.39. The largest absolute Gasteiger partial charge is 0.497 e. The molecule has 1 spiro atoms. The lowest BCUT2D eigenvalue weighted by atomic mass is 9.82. The van der Waals surface area contributed by atoms with Crippen LogP contribution in [0.15, 0.2) is 54.6 Å². The summed E-state index contributed by atoms with van der Waals surface area (Å²) >= 11 is 0. The van der Waals surface area contributed by atoms with Crippen molar-refractivity contribution in [3.05, 3.63) is 65.7 Å². The van der Waals surface area contributed by atoms with E-state index in [-0.39, 0.29) is 5.78 Å². The predicted molar refractivity (Wildman–Crippen MR) is 119 cm³/mol. The van der Waals surface area contributed by atoms with Crippen LogP contribution in [0.1, 0.15) is 35.2 Å². The molecular weight excluding hydrogens is 390 g/mol. The van der Waals surface area contributed by atoms with Crippen molar-refractivity contribution in [3.63, 3.8) is 0 Å². The highest BCUT2D eigenvalue weighted by Gasteiger charge is 2.43. The smallest absolute Gasteiger partial charge is 0.170 e. The lowest BCUT2D eigenvalue weighted by Crippen LogP contribution is -2.51. The molecule has 1 saturated heterocycles. The van der Waals surface area contributed by atoms with Gasteiger partial charge in [-0.25, -0.2) is 0 Å². The van der Waals surface area contributed by atoms with Gasteiger partial charge in [-0.15, -0.1) is 10.2 Å². The molecule has 2 aliphatic heterocycles. The Bertz CT molecular complexity index is 1100. The van der Waals surface area contributed by atoms with Crippen LogP contribution in [0.25, 0.3) is 11.3 Å². The van der Waals surface area contributed by atoms with Crippen molar-refractivity contribution in [3.8, 4) is 22.8 Å². The summed E-state index contributed by atoms with van der Waals surface area (Å²) in [6.07, 6.45) is 1.94. The quantitative estimate of drug-likeness (QED) is 0.629. The second kappa shape index (κ2) is 7.69. The molecule has 2 aromatic carbocycles. The van der Waals surface area contributed by atoms with Gasteiger partial charge in [0.15, 0.2) is 11.6 Å². The standard InChI is InChI=1S/C25H25N3O3/c1-17-3-5-18(6-4-17)21-8-10-24(27-26-21)28-13-11-25(12-14-28)16-22(29)20-15-19(30-2)7-9-23(20)31-25/h3-10,15H,11-14,16H2,1-2H3. The Labute approximate surface area is 181 Å². The topological polar surface area (TPSA) is 64.5 Å². The van der Waals surface area contributed by atoms with Gasteiger partial charge >= 0.3 is 0 Å². The summed E-state index contributed by atoms with van der Waals surface area (Å²) in [7, 11) is 1.60. The highest BCUT2D eigenvalue weighted by molar-refractivity contribution is 6.00. The van der Waals surface area contributed by atoms with E-state index in [1.165, 1.54) is 5.56 Å². The van der Waals surface area contributed by atoms with Crippen molar-refractivity contribution in [2.45, 2.75) is 31.8 Å². The number of ether oxygens (including phenoxy) is 2. The number of nitrogens with zero attached hydrogens (tertiary/aromatic N) is 3. The summed E-state index contributed by atoms with van der Waals surface area (Å²) in [6.45, 7) is 3.62. The zero-order valence-electron chi connectivity index (χ0n) is 17.8. The molecule has 3 aromatic rings. The van der Waals surface area contributed by atoms with Crippen molar-refractivity contribution < 1.29 is 14.3 Å². The van der Waals surface area contributed by atoms with Crippen LogP contribution < -0.4 is 14.4 Å². The van der Waals surface area contributed by atoms with Gasteiger partial charge in [-0.2, -0.15) is 0 Å². The predicted octanol–water partition coefficient (Wildman–Crippen LogP) is 4.47. The molecule has 5 rings (SSSR count). The van der Waals surface area contributed by atoms with Gasteiger partial charge in [0.1, 0.15) is 17.1 Å². The monoisotopic (exact) mass is 415 g/mol. The molecule has 0 saturated carbocycles. The Morgan fingerprint density at radius 3 is 2.45 bits per heavy atom. The normalized spacial score (nSPS) is 17.2. The molecule has 0 N–H and O–H groups in total. The van der Waals surface area contributed by atoms with E-state index in [2.05, 4.69) is 46.3 Å². The summed E-state index contributed by atoms with van der Waals surface area (Å²) in [6, 6.07) is 17.8. The summed E-state index contributed by atoms with van der Waals surface area (Å²) in [4.78, 5) is 15.0. The molecule has 31 heavy (non-hydrogen) atoms. The number of benzene rings is 2. The van der Waals surface area contributed by atoms with Crippen molar-refractivity contribution in [1.29, 1.82) is 0 Å². The number of aryl methyl sites for hydroxylation is 1. The lowest BCUT2D eigenvalue weighted by molar-refractivity contribution is 0.0230. The van der Waals surface area contributed by atoms with Crippen molar-refractivity contribution in [2.24, 2.45) is 0 Å². The first-order valence-corrected chi connectivity index (χ1v) is 10.6. The van der Waals surface area contributed by atoms with Crippen LogP contribution >= 0.6 is 0 Å². The van der Waals surface area contributed by atoms with Crippen LogP contribution in [-0.2, 0) is 0 Å². The number of aromatic nitrogens is 2. The molecule has 6 heteroatoms. The third kappa shape index (κ3) is 3.74. The minimum Gasteiger partial charge on any atom is -0.497 e. The molecule has 0 radical (unpaired) electrons. The fourth-order valence-electron chi connectivity index (χ4n) is 4.39. The van der Waals surface area contributed by atoms with E-state index < -0.39 is 5.60 Å². The second-order valence-corrected chi connectivity index (χ2v) is 8.38. The highest BCUT2D eigenvalue weighted by atomic mass is 16.5. The number of carbonyl (C=O) groups is 1. The molecule has 0 amide bonds. The lowest BCUT2D eigenvalue weighted by Gasteiger charge is -2.44. The van der Waals surface area contributed by atoms with Gasteiger partial charge in [0, 0.05) is 31.5 Å². The van der Waals surface area contributed by atoms with E-state index in [0.29, 0.717) is 23.5 Å². The Morgan fingerprint density at radius 2 is 1.77 bits per heavy atom. The summed E-state index contributed by atoms with van der Waals surface area (Å²) in [5.74, 6) is 2.32. The van der Waals surface area contributed by atoms with Gasteiger partial charge in [-0.05, 0) is 37.3 Å². The summed E-state index contributed by atoms with van der Waals surface area (Å²) in [5, 5.41) is 8.89. The van der Waals surface area contributed by atoms with Crippen LogP contribution in [0, 0.1) is 6.92 Å². The first-order valence-electron chi connectivity index (χ1n) is 10.6. The fraction of sp³-hybridized carbons (Fsp3) is 0.320. The highest BCUT2D eigenvalue weighted by Crippen LogP contribution is 2.41. The number of hydrogen-bond donors (Lipinski definition) is 0. The zero-order valence-corrected chi connectivity index (χ0v) is 17.8. The molecule has 0 atom stereocenters. The molecule has 3 heterocycles. The van der Waals surface area contributed by atoms with E-state index in [9.17, 15) is 4.79 Å². The molecule has 158 valence electrons. The van der Waals surface area contributed by atoms with E-state index >= 15 is 0 Å². The van der Waals surface area contributed by atoms with Crippen LogP contribution in [-0.4, -0.2) is 41.8 Å². The van der Waals surface area contributed by atoms with Crippen LogP contribution in [0.5, 0.6) is 11.5 Å². The van der Waals surface area contributed by atoms with Crippen LogP contribution in [0.2, 0.25) is 0 Å². The number of anilines is 1. The molecule has 0 bridgehead atoms. The SMILES string of the molecule is COc1ccc2c(c1)C(=O)CC1(CCN(c3ccc(-c4ccc(C)cc4)nn3)CC1)O2. The number of ketones is 1. The first kappa shape index (κ1) is 19.5. The first-order chi connectivity index (χ1) is 15.0. The van der Waals surface area contributed by atoms with Gasteiger partial charge in [0.05, 0.1) is 24.8 Å². The third-order valence-electron chi connectivity index (χ3n) is 6.29. The van der Waals surface area contributed by atoms with E-state index in [4.69, 9.17) is 9.47 Å². The maximum Gasteiger partial charge on any atom is 0.170 e. The number of rotatable bonds is 3. The Kier molecular flexibility index (Phi) is 4.85. The number of methoxy groups -OCH3 is 1. The van der Waals surface area contributed by atoms with E-state index in [1.54, 1.807) is 13.2 Å². The van der Waals surface area contributed by atoms with E-state index in [1.807, 2.05) is 24.3 Å². The molecular formula is C25H25N3O3. The van der Waals surface area contributed by atoms with E-state index in [0.717, 1.165) is 43.0 Å². The third-order valence-corrected chi connectivity index (χ3v) is 6.29. The van der Waals surface area contributed by atoms with Crippen LogP contribution in [0.3, 0.4) is 0 Å². The van der Waals surface area contributed by atoms with Crippen molar-refractivity contribution in [2.75, 3.05) is 25.1 Å². The van der Waals surface area contributed by atoms with Gasteiger partial charge in [-0.3, -0.25) is 4.79 Å². The van der Waals surface area contributed by atoms with Crippen molar-refractivity contribution >= 4 is 11.6 Å². The average Bonchev–Trinajstić information content (AvgIpc) is 2.80. The average molecular weight is 415 g/mol. The van der Waals surface area contributed by atoms with Crippen molar-refractivity contribution in [1.82, 2.24) is 10.2 Å². The molecule has 6 nitrogen and oxygen atoms in total. The Balaban J connectivity index is 1.28. The summed E-state index contributed by atoms with van der Waals surface area (Å²) in [5.41, 5.74) is 3.33. The molecule has 1 fully saturated rings. The zero-order chi connectivity index (χ0) is 21.4. The number of hydrogen-bond acceptors (Lipinski definition) is 6. The number of Topliss-reactive ketones (excluding diaryl/α,β-unsaturated/α-hetero) is 1. The maximum absolute atomic E-state index is 12.8. The minimum absolute atomic E-state index is 0.121. The summed E-state index contributed by atoms with van der Waals surface area (Å²) < 4.78 is 11.6. The molecule has 0 aliphatic carbocycles. The second-order valence-electron chi connectivity index (χ2n) is 8.38. The van der Waals surface area contributed by atoms with Gasteiger partial charge in [-0.1, -0.05) is 29.8 Å². The Hall–Kier alpha value is -3.41. The van der Waals surface area contributed by atoms with Gasteiger partial charge in [0.25, 0.3) is 0 Å². The maximum atomic E-state index is 12.8. The molecule has 1 aromatic heterocycles. The number of fused-ring (bicyclic) bond motifs is 1. The van der Waals surface area contributed by atoms with Crippen LogP contribution in [0.4, 0.5) is 5.82 Å². The Morgan fingerprint density at radius 1 is 1.00 bits per heavy atom. The minimum atomic E-state index is -0.440. The van der Waals surface area contributed by atoms with Gasteiger partial charge in [0.2, 0.25) is 0 Å². The molecule has 0 unspecified atom stereocenters.